The first-order valence-electron chi connectivity index (χ1n) is 13.1. The number of hydrogen-bond donors (Lipinski definition) is 4. The summed E-state index contributed by atoms with van der Waals surface area (Å²) in [4.78, 5) is 37.8. The number of nitrogen functional groups attached to an aromatic ring is 1. The van der Waals surface area contributed by atoms with Crippen LogP contribution in [-0.2, 0) is 14.2 Å². The topological polar surface area (TPSA) is 183 Å². The van der Waals surface area contributed by atoms with Crippen molar-refractivity contribution in [1.29, 1.82) is 0 Å². The van der Waals surface area contributed by atoms with Crippen LogP contribution in [0.4, 0.5) is 22.1 Å². The van der Waals surface area contributed by atoms with Crippen LogP contribution in [-0.4, -0.2) is 83.1 Å². The van der Waals surface area contributed by atoms with E-state index in [1.165, 1.54) is 24.7 Å². The fraction of sp³-hybridized carbons (Fsp3) is 0.321. The number of nitrogens with two attached hydrogens (primary N) is 1. The van der Waals surface area contributed by atoms with Crippen LogP contribution in [0.2, 0.25) is 0 Å². The van der Waals surface area contributed by atoms with E-state index in [2.05, 4.69) is 37.4 Å². The molecule has 0 saturated carbocycles. The summed E-state index contributed by atoms with van der Waals surface area (Å²) >= 11 is 0. The molecule has 1 aromatic carbocycles. The zero-order valence-electron chi connectivity index (χ0n) is 22.8. The maximum atomic E-state index is 12.1. The Balaban J connectivity index is 1.39. The highest BCUT2D eigenvalue weighted by Gasteiger charge is 2.54. The normalized spacial score (nSPS) is 22.4. The fourth-order valence-electron chi connectivity index (χ4n) is 4.54. The van der Waals surface area contributed by atoms with Crippen molar-refractivity contribution in [3.05, 3.63) is 66.1 Å². The van der Waals surface area contributed by atoms with Gasteiger partial charge in [-0.15, -0.1) is 0 Å². The van der Waals surface area contributed by atoms with Crippen LogP contribution in [0.5, 0.6) is 5.88 Å². The van der Waals surface area contributed by atoms with Crippen molar-refractivity contribution in [3.63, 3.8) is 0 Å². The molecule has 0 radical (unpaired) electrons. The molecule has 2 aliphatic rings. The monoisotopic (exact) mass is 575 g/mol. The molecule has 4 heterocycles. The van der Waals surface area contributed by atoms with Crippen molar-refractivity contribution in [2.24, 2.45) is 0 Å². The Bertz CT molecular complexity index is 1500. The lowest BCUT2D eigenvalue weighted by Crippen LogP contribution is -2.42. The number of carboxylic acids is 1. The van der Waals surface area contributed by atoms with Gasteiger partial charge in [-0.3, -0.25) is 5.32 Å². The average Bonchev–Trinajstić information content (AvgIpc) is 3.56. The maximum absolute atomic E-state index is 12.1. The zero-order chi connectivity index (χ0) is 29.6. The van der Waals surface area contributed by atoms with Gasteiger partial charge in [-0.2, -0.15) is 0 Å². The van der Waals surface area contributed by atoms with E-state index in [0.29, 0.717) is 6.54 Å². The summed E-state index contributed by atoms with van der Waals surface area (Å²) in [6.07, 6.45) is -0.938. The summed E-state index contributed by atoms with van der Waals surface area (Å²) in [5, 5.41) is 14.7. The molecule has 5 rings (SSSR count). The number of aromatic carboxylic acids is 1. The smallest absolute Gasteiger partial charge is 0.341 e. The molecule has 2 fully saturated rings. The third-order valence-corrected chi connectivity index (χ3v) is 6.49. The van der Waals surface area contributed by atoms with Gasteiger partial charge in [-0.05, 0) is 37.1 Å². The van der Waals surface area contributed by atoms with Crippen LogP contribution in [0.25, 0.3) is 0 Å². The van der Waals surface area contributed by atoms with Gasteiger partial charge in [0.2, 0.25) is 12.2 Å². The molecule has 2 aromatic heterocycles. The first-order chi connectivity index (χ1) is 20.4. The number of urea groups is 1. The average molecular weight is 576 g/mol. The molecule has 0 bridgehead atoms. The summed E-state index contributed by atoms with van der Waals surface area (Å²) in [7, 11) is 1.70. The van der Waals surface area contributed by atoms with E-state index in [-0.39, 0.29) is 35.4 Å². The maximum Gasteiger partial charge on any atom is 0.341 e. The minimum atomic E-state index is -1.17. The summed E-state index contributed by atoms with van der Waals surface area (Å²) in [5.41, 5.74) is 7.16. The second-order valence-corrected chi connectivity index (χ2v) is 9.26. The number of pyridine rings is 1. The van der Waals surface area contributed by atoms with Gasteiger partial charge in [-0.25, -0.2) is 24.5 Å². The molecule has 14 nitrogen and oxygen atoms in total. The number of amides is 2. The van der Waals surface area contributed by atoms with E-state index < -0.39 is 42.8 Å². The van der Waals surface area contributed by atoms with Crippen molar-refractivity contribution >= 4 is 29.3 Å². The Morgan fingerprint density at radius 3 is 2.64 bits per heavy atom. The Labute approximate surface area is 241 Å². The van der Waals surface area contributed by atoms with Gasteiger partial charge in [-0.1, -0.05) is 24.1 Å². The molecule has 14 heteroatoms. The van der Waals surface area contributed by atoms with Crippen LogP contribution in [0.3, 0.4) is 0 Å². The largest absolute Gasteiger partial charge is 0.477 e. The molecule has 2 amide bonds. The molecule has 5 atom stereocenters. The minimum absolute atomic E-state index is 0.0533. The van der Waals surface area contributed by atoms with Crippen LogP contribution in [0.1, 0.15) is 22.8 Å². The number of ether oxygens (including phenoxy) is 4. The van der Waals surface area contributed by atoms with E-state index >= 15 is 0 Å². The number of nitrogens with one attached hydrogen (secondary N) is 2. The number of carbonyl (C=O) groups is 2. The summed E-state index contributed by atoms with van der Waals surface area (Å²) in [6.45, 7) is 2.12. The molecule has 218 valence electrons. The van der Waals surface area contributed by atoms with Crippen LogP contribution >= 0.6 is 0 Å². The summed E-state index contributed by atoms with van der Waals surface area (Å²) in [5.74, 6) is 5.21. The van der Waals surface area contributed by atoms with Crippen molar-refractivity contribution in [1.82, 2.24) is 20.3 Å². The molecule has 0 spiro atoms. The van der Waals surface area contributed by atoms with Crippen molar-refractivity contribution in [3.8, 4) is 17.7 Å². The number of likely N-dealkylation sites (N-methyl/N-ethyl adjacent to an activating group) is 1. The number of carbonyl (C=O) groups excluding carboxylic acids is 1. The Kier molecular flexibility index (Phi) is 8.63. The van der Waals surface area contributed by atoms with Crippen molar-refractivity contribution in [2.75, 3.05) is 36.1 Å². The number of fused-ring (bicyclic) bond motifs is 1. The molecular weight excluding hydrogens is 546 g/mol. The number of hydrogen-bond acceptors (Lipinski definition) is 11. The van der Waals surface area contributed by atoms with Crippen molar-refractivity contribution < 1.29 is 33.6 Å². The lowest BCUT2D eigenvalue weighted by molar-refractivity contribution is -0.109. The molecule has 2 saturated heterocycles. The molecule has 42 heavy (non-hydrogen) atoms. The lowest BCUT2D eigenvalue weighted by Gasteiger charge is -2.29. The van der Waals surface area contributed by atoms with Crippen LogP contribution in [0, 0.1) is 11.8 Å². The number of carboxylic acid groups (broad SMARTS) is 1. The summed E-state index contributed by atoms with van der Waals surface area (Å²) < 4.78 is 24.4. The first kappa shape index (κ1) is 28.6. The quantitative estimate of drug-likeness (QED) is 0.286. The lowest BCUT2D eigenvalue weighted by atomic mass is 10.1. The van der Waals surface area contributed by atoms with E-state index in [0.717, 1.165) is 5.56 Å². The predicted octanol–water partition coefficient (Wildman–Crippen LogP) is 1.70. The Morgan fingerprint density at radius 2 is 1.88 bits per heavy atom. The fourth-order valence-corrected chi connectivity index (χ4v) is 4.54. The Morgan fingerprint density at radius 1 is 1.10 bits per heavy atom. The minimum Gasteiger partial charge on any atom is -0.477 e. The van der Waals surface area contributed by atoms with Gasteiger partial charge in [0.25, 0.3) is 0 Å². The SMILES string of the molecule is CCNC(=O)Nc1ncnc(N(C)C2OC(COc3ncccc3C(=O)O)C3OC(C#Cc4ccccc4)OC32)c1N. The predicted molar refractivity (Wildman–Crippen MR) is 150 cm³/mol. The van der Waals surface area contributed by atoms with E-state index in [1.807, 2.05) is 30.3 Å². The number of nitrogens with zero attached hydrogens (tertiary/aromatic N) is 4. The van der Waals surface area contributed by atoms with Gasteiger partial charge < -0.3 is 40.0 Å². The molecular formula is C28H29N7O7. The summed E-state index contributed by atoms with van der Waals surface area (Å²) in [6, 6.07) is 11.8. The molecule has 5 N–H and O–H groups in total. The molecule has 5 unspecified atom stereocenters. The highest BCUT2D eigenvalue weighted by Crippen LogP contribution is 2.38. The van der Waals surface area contributed by atoms with Gasteiger partial charge in [0, 0.05) is 25.4 Å². The number of anilines is 3. The molecule has 0 aliphatic carbocycles. The highest BCUT2D eigenvalue weighted by atomic mass is 16.8. The van der Waals surface area contributed by atoms with E-state index in [4.69, 9.17) is 24.7 Å². The Hall–Kier alpha value is -4.97. The second-order valence-electron chi connectivity index (χ2n) is 9.26. The van der Waals surface area contributed by atoms with Gasteiger partial charge in [0.1, 0.15) is 42.5 Å². The molecule has 3 aromatic rings. The third-order valence-electron chi connectivity index (χ3n) is 6.49. The highest BCUT2D eigenvalue weighted by molar-refractivity contribution is 5.93. The van der Waals surface area contributed by atoms with Gasteiger partial charge in [0.15, 0.2) is 17.9 Å². The number of aromatic nitrogens is 3. The van der Waals surface area contributed by atoms with Gasteiger partial charge in [0.05, 0.1) is 0 Å². The van der Waals surface area contributed by atoms with Crippen molar-refractivity contribution in [2.45, 2.75) is 37.8 Å². The van der Waals surface area contributed by atoms with E-state index in [9.17, 15) is 14.7 Å². The third kappa shape index (κ3) is 6.18. The second kappa shape index (κ2) is 12.7. The first-order valence-corrected chi connectivity index (χ1v) is 13.1. The number of rotatable bonds is 8. The van der Waals surface area contributed by atoms with Crippen LogP contribution < -0.4 is 26.0 Å². The number of benzene rings is 1. The molecule has 2 aliphatic heterocycles. The zero-order valence-corrected chi connectivity index (χ0v) is 22.8. The van der Waals surface area contributed by atoms with Gasteiger partial charge >= 0.3 is 12.0 Å². The van der Waals surface area contributed by atoms with Crippen LogP contribution in [0.15, 0.2) is 55.0 Å². The van der Waals surface area contributed by atoms with E-state index in [1.54, 1.807) is 18.9 Å². The standard InChI is InChI=1S/C28H29N7O7/c1-3-30-28(38)34-23-20(29)24(33-15-32-23)35(2)26-22-21(41-19(42-22)12-11-16-8-5-4-6-9-16)18(40-26)14-39-25-17(27(36)37)10-7-13-31-25/h4-10,13,15,18-19,21-22,26H,3,14,29H2,1-2H3,(H,36,37)(H2,30,32,33,34,38).